The van der Waals surface area contributed by atoms with Crippen LogP contribution in [0.5, 0.6) is 0 Å². The van der Waals surface area contributed by atoms with Gasteiger partial charge >= 0.3 is 0 Å². The van der Waals surface area contributed by atoms with Crippen LogP contribution in [0.4, 0.5) is 0 Å². The number of sulfone groups is 1. The first-order valence-electron chi connectivity index (χ1n) is 6.62. The number of aryl methyl sites for hydroxylation is 1. The first-order valence-corrected chi connectivity index (χ1v) is 9.33. The third-order valence-corrected chi connectivity index (χ3v) is 5.11. The van der Waals surface area contributed by atoms with Crippen LogP contribution < -0.4 is 11.5 Å². The fourth-order valence-electron chi connectivity index (χ4n) is 1.88. The molecule has 0 bridgehead atoms. The lowest BCUT2D eigenvalue weighted by Crippen LogP contribution is -2.24. The molecule has 4 N–H and O–H groups in total. The van der Waals surface area contributed by atoms with Gasteiger partial charge in [0, 0.05) is 29.1 Å². The second kappa shape index (κ2) is 6.97. The van der Waals surface area contributed by atoms with Gasteiger partial charge in [-0.3, -0.25) is 4.79 Å². The number of rotatable bonds is 4. The highest BCUT2D eigenvalue weighted by Gasteiger charge is 2.20. The number of carbonyl (C=O) groups excluding carboxylic acids is 1. The van der Waals surface area contributed by atoms with Gasteiger partial charge in [-0.1, -0.05) is 0 Å². The van der Waals surface area contributed by atoms with Crippen molar-refractivity contribution in [3.8, 4) is 0 Å². The largest absolute Gasteiger partial charge is 0.370 e. The SMILES string of the molecule is Cc1cc(Sc2ncccn2)c(S(C)(=O)=O)cc1C(=O)N=C(N)N. The van der Waals surface area contributed by atoms with Crippen molar-refractivity contribution in [3.63, 3.8) is 0 Å². The lowest BCUT2D eigenvalue weighted by Gasteiger charge is -2.11. The maximum absolute atomic E-state index is 12.1. The van der Waals surface area contributed by atoms with Crippen molar-refractivity contribution in [2.75, 3.05) is 6.26 Å². The predicted molar refractivity (Wildman–Crippen MR) is 90.6 cm³/mol. The van der Waals surface area contributed by atoms with E-state index < -0.39 is 21.7 Å². The number of amides is 1. The summed E-state index contributed by atoms with van der Waals surface area (Å²) in [5.41, 5.74) is 11.1. The Balaban J connectivity index is 2.58. The molecule has 10 heteroatoms. The second-order valence-electron chi connectivity index (χ2n) is 4.86. The fraction of sp³-hybridized carbons (Fsp3) is 0.143. The number of carbonyl (C=O) groups is 1. The molecule has 0 saturated carbocycles. The predicted octanol–water partition coefficient (Wildman–Crippen LogP) is 0.753. The van der Waals surface area contributed by atoms with Crippen LogP contribution in [-0.4, -0.2) is 36.5 Å². The van der Waals surface area contributed by atoms with E-state index in [0.717, 1.165) is 18.0 Å². The zero-order valence-corrected chi connectivity index (χ0v) is 14.6. The lowest BCUT2D eigenvalue weighted by atomic mass is 10.1. The summed E-state index contributed by atoms with van der Waals surface area (Å²) in [5.74, 6) is -1.10. The molecule has 8 nitrogen and oxygen atoms in total. The van der Waals surface area contributed by atoms with Crippen LogP contribution in [0, 0.1) is 6.92 Å². The van der Waals surface area contributed by atoms with E-state index in [1.807, 2.05) is 0 Å². The van der Waals surface area contributed by atoms with Crippen molar-refractivity contribution in [1.82, 2.24) is 9.97 Å². The third-order valence-electron chi connectivity index (χ3n) is 2.89. The van der Waals surface area contributed by atoms with Crippen molar-refractivity contribution in [2.24, 2.45) is 16.5 Å². The van der Waals surface area contributed by atoms with Gasteiger partial charge in [0.15, 0.2) is 21.0 Å². The Bertz CT molecular complexity index is 908. The molecule has 24 heavy (non-hydrogen) atoms. The van der Waals surface area contributed by atoms with Gasteiger partial charge in [-0.2, -0.15) is 4.99 Å². The maximum Gasteiger partial charge on any atom is 0.280 e. The molecule has 0 radical (unpaired) electrons. The molecule has 0 atom stereocenters. The third kappa shape index (κ3) is 4.30. The quantitative estimate of drug-likeness (QED) is 0.459. The van der Waals surface area contributed by atoms with Crippen LogP contribution in [0.2, 0.25) is 0 Å². The Labute approximate surface area is 143 Å². The average Bonchev–Trinajstić information content (AvgIpc) is 2.46. The number of aliphatic imine (C=N–C) groups is 1. The molecule has 126 valence electrons. The average molecular weight is 365 g/mol. The minimum absolute atomic E-state index is 0.0142. The topological polar surface area (TPSA) is 141 Å². The molecule has 0 unspecified atom stereocenters. The van der Waals surface area contributed by atoms with E-state index in [2.05, 4.69) is 15.0 Å². The number of nitrogens with zero attached hydrogens (tertiary/aromatic N) is 3. The normalized spacial score (nSPS) is 11.1. The Hall–Kier alpha value is -2.46. The van der Waals surface area contributed by atoms with Gasteiger partial charge in [0.05, 0.1) is 4.90 Å². The molecule has 2 aromatic rings. The molecule has 1 heterocycles. The number of aromatic nitrogens is 2. The van der Waals surface area contributed by atoms with Crippen LogP contribution in [0.3, 0.4) is 0 Å². The van der Waals surface area contributed by atoms with E-state index >= 15 is 0 Å². The Morgan fingerprint density at radius 2 is 1.83 bits per heavy atom. The zero-order chi connectivity index (χ0) is 17.9. The molecule has 0 aliphatic rings. The van der Waals surface area contributed by atoms with Crippen LogP contribution in [0.15, 0.2) is 50.5 Å². The van der Waals surface area contributed by atoms with E-state index in [9.17, 15) is 13.2 Å². The summed E-state index contributed by atoms with van der Waals surface area (Å²) in [4.78, 5) is 24.0. The van der Waals surface area contributed by atoms with Gasteiger partial charge in [0.2, 0.25) is 0 Å². The van der Waals surface area contributed by atoms with E-state index in [4.69, 9.17) is 11.5 Å². The lowest BCUT2D eigenvalue weighted by molar-refractivity contribution is 0.100. The molecule has 0 saturated heterocycles. The number of hydrogen-bond donors (Lipinski definition) is 2. The maximum atomic E-state index is 12.1. The van der Waals surface area contributed by atoms with Gasteiger partial charge in [-0.15, -0.1) is 0 Å². The van der Waals surface area contributed by atoms with Crippen LogP contribution in [0.25, 0.3) is 0 Å². The minimum Gasteiger partial charge on any atom is -0.370 e. The van der Waals surface area contributed by atoms with Gasteiger partial charge in [-0.25, -0.2) is 18.4 Å². The van der Waals surface area contributed by atoms with Crippen LogP contribution in [-0.2, 0) is 9.84 Å². The van der Waals surface area contributed by atoms with Crippen molar-refractivity contribution in [1.29, 1.82) is 0 Å². The molecule has 1 amide bonds. The van der Waals surface area contributed by atoms with Crippen LogP contribution >= 0.6 is 11.8 Å². The summed E-state index contributed by atoms with van der Waals surface area (Å²) in [5, 5.41) is 0.394. The van der Waals surface area contributed by atoms with E-state index in [1.54, 1.807) is 31.5 Å². The minimum atomic E-state index is -3.59. The zero-order valence-electron chi connectivity index (χ0n) is 12.9. The molecular formula is C14H15N5O3S2. The van der Waals surface area contributed by atoms with Crippen molar-refractivity contribution in [2.45, 2.75) is 21.9 Å². The Morgan fingerprint density at radius 3 is 2.38 bits per heavy atom. The fourth-order valence-corrected chi connectivity index (χ4v) is 4.03. The first kappa shape index (κ1) is 17.9. The van der Waals surface area contributed by atoms with Crippen molar-refractivity contribution < 1.29 is 13.2 Å². The monoisotopic (exact) mass is 365 g/mol. The number of benzene rings is 1. The summed E-state index contributed by atoms with van der Waals surface area (Å²) >= 11 is 1.09. The van der Waals surface area contributed by atoms with Gasteiger partial charge in [0.1, 0.15) is 0 Å². The Morgan fingerprint density at radius 1 is 1.21 bits per heavy atom. The first-order chi connectivity index (χ1) is 11.2. The molecular weight excluding hydrogens is 350 g/mol. The van der Waals surface area contributed by atoms with Gasteiger partial charge in [-0.05, 0) is 42.4 Å². The van der Waals surface area contributed by atoms with Crippen molar-refractivity contribution >= 4 is 33.5 Å². The van der Waals surface area contributed by atoms with Gasteiger partial charge in [0.25, 0.3) is 5.91 Å². The number of hydrogen-bond acceptors (Lipinski definition) is 6. The standard InChI is InChI=1S/C14H15N5O3S2/c1-8-6-10(23-14-17-4-3-5-18-14)11(24(2,21)22)7-9(8)12(20)19-13(15)16/h3-7H,1-2H3,(H4,15,16,19,20). The summed E-state index contributed by atoms with van der Waals surface area (Å²) < 4.78 is 24.2. The summed E-state index contributed by atoms with van der Waals surface area (Å²) in [6.07, 6.45) is 4.17. The molecule has 0 aliphatic carbocycles. The van der Waals surface area contributed by atoms with E-state index in [-0.39, 0.29) is 10.5 Å². The molecule has 0 spiro atoms. The highest BCUT2D eigenvalue weighted by molar-refractivity contribution is 8.00. The Kier molecular flexibility index (Phi) is 5.20. The number of nitrogens with two attached hydrogens (primary N) is 2. The highest BCUT2D eigenvalue weighted by Crippen LogP contribution is 2.33. The smallest absolute Gasteiger partial charge is 0.280 e. The van der Waals surface area contributed by atoms with Crippen molar-refractivity contribution in [3.05, 3.63) is 41.7 Å². The summed E-state index contributed by atoms with van der Waals surface area (Å²) in [6, 6.07) is 4.50. The van der Waals surface area contributed by atoms with E-state index in [0.29, 0.717) is 15.6 Å². The second-order valence-corrected chi connectivity index (χ2v) is 7.85. The molecule has 1 aromatic heterocycles. The van der Waals surface area contributed by atoms with E-state index in [1.165, 1.54) is 6.07 Å². The molecule has 1 aromatic carbocycles. The molecule has 2 rings (SSSR count). The van der Waals surface area contributed by atoms with Gasteiger partial charge < -0.3 is 11.5 Å². The highest BCUT2D eigenvalue weighted by atomic mass is 32.2. The van der Waals surface area contributed by atoms with Crippen LogP contribution in [0.1, 0.15) is 15.9 Å². The summed E-state index contributed by atoms with van der Waals surface area (Å²) in [7, 11) is -3.59. The molecule has 0 fully saturated rings. The summed E-state index contributed by atoms with van der Waals surface area (Å²) in [6.45, 7) is 1.66. The number of guanidine groups is 1. The molecule has 0 aliphatic heterocycles.